The third-order valence-electron chi connectivity index (χ3n) is 6.51. The highest BCUT2D eigenvalue weighted by Crippen LogP contribution is 2.37. The van der Waals surface area contributed by atoms with Gasteiger partial charge in [-0.2, -0.15) is 17.6 Å². The summed E-state index contributed by atoms with van der Waals surface area (Å²) in [6.45, 7) is 2.80. The Bertz CT molecular complexity index is 1310. The Morgan fingerprint density at radius 2 is 1.82 bits per heavy atom. The molecule has 1 unspecified atom stereocenters. The van der Waals surface area contributed by atoms with Crippen LogP contribution in [0.15, 0.2) is 60.8 Å². The lowest BCUT2D eigenvalue weighted by atomic mass is 9.80. The molecular formula is C28H27ClF5N3O3. The maximum atomic E-state index is 14.9. The molecular weight excluding hydrogens is 557 g/mol. The number of nitrogens with zero attached hydrogens (tertiary/aromatic N) is 1. The van der Waals surface area contributed by atoms with Crippen LogP contribution in [0.2, 0.25) is 5.02 Å². The SMILES string of the molecule is Cc1ccc(CC(NC(=O)NC2CCOCC2)(c2cc(F)cc(OC(F)(F)C(F)F)c2)c2ccc(Cl)cn2)cc1. The van der Waals surface area contributed by atoms with Gasteiger partial charge >= 0.3 is 18.6 Å². The quantitative estimate of drug-likeness (QED) is 0.287. The highest BCUT2D eigenvalue weighted by atomic mass is 35.5. The summed E-state index contributed by atoms with van der Waals surface area (Å²) in [4.78, 5) is 17.8. The normalized spacial score (nSPS) is 15.9. The van der Waals surface area contributed by atoms with Crippen LogP contribution in [-0.4, -0.2) is 42.8 Å². The molecule has 2 N–H and O–H groups in total. The fourth-order valence-corrected chi connectivity index (χ4v) is 4.60. The first-order valence-electron chi connectivity index (χ1n) is 12.5. The predicted molar refractivity (Wildman–Crippen MR) is 138 cm³/mol. The molecule has 12 heteroatoms. The van der Waals surface area contributed by atoms with Gasteiger partial charge in [0.15, 0.2) is 0 Å². The summed E-state index contributed by atoms with van der Waals surface area (Å²) in [6, 6.07) is 12.0. The van der Waals surface area contributed by atoms with Crippen LogP contribution in [0.5, 0.6) is 5.75 Å². The number of hydrogen-bond acceptors (Lipinski definition) is 4. The lowest BCUT2D eigenvalue weighted by Gasteiger charge is -2.36. The van der Waals surface area contributed by atoms with Crippen LogP contribution in [0.4, 0.5) is 26.7 Å². The van der Waals surface area contributed by atoms with Gasteiger partial charge < -0.3 is 20.1 Å². The van der Waals surface area contributed by atoms with Gasteiger partial charge in [-0.1, -0.05) is 41.4 Å². The fraction of sp³-hybridized carbons (Fsp3) is 0.357. The number of carbonyl (C=O) groups excluding carboxylic acids is 1. The number of nitrogens with one attached hydrogen (secondary N) is 2. The van der Waals surface area contributed by atoms with Gasteiger partial charge in [-0.05, 0) is 55.2 Å². The van der Waals surface area contributed by atoms with Crippen LogP contribution in [0.3, 0.4) is 0 Å². The second-order valence-corrected chi connectivity index (χ2v) is 9.99. The molecule has 40 heavy (non-hydrogen) atoms. The van der Waals surface area contributed by atoms with Gasteiger partial charge in [0, 0.05) is 37.9 Å². The number of aryl methyl sites for hydroxylation is 1. The topological polar surface area (TPSA) is 72.5 Å². The predicted octanol–water partition coefficient (Wildman–Crippen LogP) is 6.38. The van der Waals surface area contributed by atoms with Crippen molar-refractivity contribution >= 4 is 17.6 Å². The molecule has 0 saturated carbocycles. The van der Waals surface area contributed by atoms with Crippen LogP contribution in [0.25, 0.3) is 0 Å². The number of pyridine rings is 1. The van der Waals surface area contributed by atoms with Gasteiger partial charge in [0.2, 0.25) is 0 Å². The van der Waals surface area contributed by atoms with Gasteiger partial charge in [-0.15, -0.1) is 0 Å². The summed E-state index contributed by atoms with van der Waals surface area (Å²) in [5.74, 6) is -1.90. The molecule has 2 amide bonds. The Labute approximate surface area is 232 Å². The molecule has 1 aromatic heterocycles. The minimum Gasteiger partial charge on any atom is -0.428 e. The van der Waals surface area contributed by atoms with E-state index in [2.05, 4.69) is 20.4 Å². The minimum absolute atomic E-state index is 0.0166. The van der Waals surface area contributed by atoms with E-state index in [0.29, 0.717) is 37.7 Å². The molecule has 1 saturated heterocycles. The molecule has 0 spiro atoms. The Balaban J connectivity index is 1.85. The molecule has 214 valence electrons. The van der Waals surface area contributed by atoms with Crippen LogP contribution in [-0.2, 0) is 16.7 Å². The summed E-state index contributed by atoms with van der Waals surface area (Å²) >= 11 is 6.06. The summed E-state index contributed by atoms with van der Waals surface area (Å²) in [7, 11) is 0. The molecule has 4 rings (SSSR count). The zero-order valence-corrected chi connectivity index (χ0v) is 22.2. The van der Waals surface area contributed by atoms with Crippen molar-refractivity contribution in [3.63, 3.8) is 0 Å². The number of amides is 2. The number of hydrogen-bond donors (Lipinski definition) is 2. The van der Waals surface area contributed by atoms with E-state index < -0.39 is 35.7 Å². The van der Waals surface area contributed by atoms with Crippen LogP contribution >= 0.6 is 11.6 Å². The minimum atomic E-state index is -4.88. The Morgan fingerprint density at radius 3 is 2.45 bits per heavy atom. The van der Waals surface area contributed by atoms with E-state index in [1.807, 2.05) is 19.1 Å². The number of ether oxygens (including phenoxy) is 2. The second-order valence-electron chi connectivity index (χ2n) is 9.55. The number of aromatic nitrogens is 1. The third kappa shape index (κ3) is 7.19. The van der Waals surface area contributed by atoms with Gasteiger partial charge in [-0.25, -0.2) is 9.18 Å². The summed E-state index contributed by atoms with van der Waals surface area (Å²) in [5, 5.41) is 6.03. The fourth-order valence-electron chi connectivity index (χ4n) is 4.49. The lowest BCUT2D eigenvalue weighted by Crippen LogP contribution is -2.55. The van der Waals surface area contributed by atoms with E-state index in [1.165, 1.54) is 18.3 Å². The number of alkyl halides is 4. The Morgan fingerprint density at radius 1 is 1.12 bits per heavy atom. The van der Waals surface area contributed by atoms with Gasteiger partial charge in [0.25, 0.3) is 0 Å². The maximum Gasteiger partial charge on any atom is 0.461 e. The van der Waals surface area contributed by atoms with Crippen molar-refractivity contribution in [2.45, 2.75) is 50.3 Å². The summed E-state index contributed by atoms with van der Waals surface area (Å²) in [6.07, 6.45) is -6.59. The Kier molecular flexibility index (Phi) is 9.15. The van der Waals surface area contributed by atoms with Crippen molar-refractivity contribution in [1.29, 1.82) is 0 Å². The maximum absolute atomic E-state index is 14.9. The van der Waals surface area contributed by atoms with Crippen LogP contribution in [0.1, 0.15) is 35.2 Å². The van der Waals surface area contributed by atoms with E-state index in [4.69, 9.17) is 16.3 Å². The van der Waals surface area contributed by atoms with Gasteiger partial charge in [0.05, 0.1) is 10.7 Å². The van der Waals surface area contributed by atoms with Crippen molar-refractivity contribution in [2.75, 3.05) is 13.2 Å². The van der Waals surface area contributed by atoms with Crippen molar-refractivity contribution in [1.82, 2.24) is 15.6 Å². The number of urea groups is 1. The summed E-state index contributed by atoms with van der Waals surface area (Å²) < 4.78 is 77.9. The lowest BCUT2D eigenvalue weighted by molar-refractivity contribution is -0.253. The number of halogens is 6. The van der Waals surface area contributed by atoms with Crippen molar-refractivity contribution in [3.8, 4) is 5.75 Å². The second kappa shape index (κ2) is 12.4. The molecule has 1 atom stereocenters. The molecule has 2 heterocycles. The van der Waals surface area contributed by atoms with E-state index in [9.17, 15) is 26.7 Å². The number of carbonyl (C=O) groups is 1. The molecule has 1 aliphatic heterocycles. The highest BCUT2D eigenvalue weighted by Gasteiger charge is 2.45. The Hall–Kier alpha value is -3.44. The number of rotatable bonds is 9. The van der Waals surface area contributed by atoms with Crippen molar-refractivity contribution in [2.24, 2.45) is 0 Å². The summed E-state index contributed by atoms with van der Waals surface area (Å²) in [5.41, 5.74) is 0.0928. The van der Waals surface area contributed by atoms with E-state index in [-0.39, 0.29) is 28.7 Å². The zero-order chi connectivity index (χ0) is 28.9. The first-order chi connectivity index (χ1) is 19.0. The molecule has 0 aliphatic carbocycles. The monoisotopic (exact) mass is 583 g/mol. The third-order valence-corrected chi connectivity index (χ3v) is 6.73. The largest absolute Gasteiger partial charge is 0.461 e. The van der Waals surface area contributed by atoms with E-state index in [1.54, 1.807) is 12.1 Å². The first kappa shape index (κ1) is 29.5. The molecule has 3 aromatic rings. The zero-order valence-electron chi connectivity index (χ0n) is 21.4. The van der Waals surface area contributed by atoms with E-state index in [0.717, 1.165) is 17.7 Å². The molecule has 6 nitrogen and oxygen atoms in total. The average molecular weight is 584 g/mol. The first-order valence-corrected chi connectivity index (χ1v) is 12.8. The smallest absolute Gasteiger partial charge is 0.428 e. The van der Waals surface area contributed by atoms with Gasteiger partial charge in [-0.3, -0.25) is 4.98 Å². The number of benzene rings is 2. The van der Waals surface area contributed by atoms with Crippen LogP contribution < -0.4 is 15.4 Å². The van der Waals surface area contributed by atoms with Gasteiger partial charge in [0.1, 0.15) is 17.1 Å². The average Bonchev–Trinajstić information content (AvgIpc) is 2.90. The van der Waals surface area contributed by atoms with Crippen LogP contribution in [0, 0.1) is 12.7 Å². The standard InChI is InChI=1S/C28H27ClF5N3O3/c1-17-2-4-18(5-3-17)15-27(24-7-6-20(29)16-35-24,37-26(38)36-22-8-10-39-11-9-22)19-12-21(30)14-23(13-19)40-28(33,34)25(31)32/h2-7,12-14,16,22,25H,8-11,15H2,1H3,(H2,36,37,38). The molecule has 1 fully saturated rings. The molecule has 0 radical (unpaired) electrons. The highest BCUT2D eigenvalue weighted by molar-refractivity contribution is 6.30. The van der Waals surface area contributed by atoms with Crippen molar-refractivity contribution < 1.29 is 36.2 Å². The van der Waals surface area contributed by atoms with Crippen molar-refractivity contribution in [3.05, 3.63) is 94.0 Å². The van der Waals surface area contributed by atoms with E-state index >= 15 is 0 Å². The molecule has 2 aromatic carbocycles. The molecule has 1 aliphatic rings. The molecule has 0 bridgehead atoms.